The molecule has 1 heterocycles. The molecule has 1 aliphatic heterocycles. The lowest BCUT2D eigenvalue weighted by Gasteiger charge is -2.14. The first-order chi connectivity index (χ1) is 6.72. The van der Waals surface area contributed by atoms with E-state index in [2.05, 4.69) is 5.32 Å². The standard InChI is InChI=1S/C10H20N2O2/c1-8(4-5-11)12-10(13)7-9-3-2-6-14-9/h8-9H,2-7,11H2,1H3,(H,12,13). The van der Waals surface area contributed by atoms with Crippen LogP contribution in [0, 0.1) is 0 Å². The van der Waals surface area contributed by atoms with Gasteiger partial charge in [0, 0.05) is 12.6 Å². The van der Waals surface area contributed by atoms with Gasteiger partial charge in [0.2, 0.25) is 5.91 Å². The molecule has 0 saturated carbocycles. The first-order valence-electron chi connectivity index (χ1n) is 5.33. The van der Waals surface area contributed by atoms with Crippen molar-refractivity contribution in [3.8, 4) is 0 Å². The Balaban J connectivity index is 2.14. The lowest BCUT2D eigenvalue weighted by Crippen LogP contribution is -2.35. The number of nitrogens with two attached hydrogens (primary N) is 1. The summed E-state index contributed by atoms with van der Waals surface area (Å²) in [6.07, 6.45) is 3.56. The van der Waals surface area contributed by atoms with Gasteiger partial charge >= 0.3 is 0 Å². The van der Waals surface area contributed by atoms with Crippen molar-refractivity contribution in [2.75, 3.05) is 13.2 Å². The van der Waals surface area contributed by atoms with E-state index < -0.39 is 0 Å². The van der Waals surface area contributed by atoms with Gasteiger partial charge in [-0.25, -0.2) is 0 Å². The van der Waals surface area contributed by atoms with Crippen LogP contribution in [0.2, 0.25) is 0 Å². The second-order valence-corrected chi connectivity index (χ2v) is 3.89. The lowest BCUT2D eigenvalue weighted by molar-refractivity contribution is -0.123. The molecule has 0 aromatic heterocycles. The van der Waals surface area contributed by atoms with Crippen molar-refractivity contribution in [2.45, 2.75) is 44.8 Å². The number of amides is 1. The molecule has 82 valence electrons. The minimum absolute atomic E-state index is 0.0813. The lowest BCUT2D eigenvalue weighted by atomic mass is 10.1. The monoisotopic (exact) mass is 200 g/mol. The summed E-state index contributed by atoms with van der Waals surface area (Å²) in [7, 11) is 0. The van der Waals surface area contributed by atoms with Crippen LogP contribution in [0.3, 0.4) is 0 Å². The second kappa shape index (κ2) is 5.98. The molecular formula is C10H20N2O2. The number of rotatable bonds is 5. The van der Waals surface area contributed by atoms with Gasteiger partial charge in [-0.1, -0.05) is 0 Å². The number of ether oxygens (including phenoxy) is 1. The van der Waals surface area contributed by atoms with Crippen LogP contribution in [-0.2, 0) is 9.53 Å². The SMILES string of the molecule is CC(CCN)NC(=O)CC1CCCO1. The predicted molar refractivity (Wildman–Crippen MR) is 54.9 cm³/mol. The molecule has 4 heteroatoms. The van der Waals surface area contributed by atoms with E-state index in [0.29, 0.717) is 13.0 Å². The molecule has 1 fully saturated rings. The Morgan fingerprint density at radius 1 is 1.71 bits per heavy atom. The summed E-state index contributed by atoms with van der Waals surface area (Å²) in [6.45, 7) is 3.39. The van der Waals surface area contributed by atoms with Crippen LogP contribution in [0.25, 0.3) is 0 Å². The Hall–Kier alpha value is -0.610. The van der Waals surface area contributed by atoms with Gasteiger partial charge in [-0.2, -0.15) is 0 Å². The molecule has 1 aliphatic rings. The number of hydrogen-bond acceptors (Lipinski definition) is 3. The Morgan fingerprint density at radius 2 is 2.50 bits per heavy atom. The van der Waals surface area contributed by atoms with E-state index in [1.54, 1.807) is 0 Å². The molecule has 0 radical (unpaired) electrons. The molecular weight excluding hydrogens is 180 g/mol. The van der Waals surface area contributed by atoms with Crippen LogP contribution in [0.4, 0.5) is 0 Å². The fourth-order valence-corrected chi connectivity index (χ4v) is 1.67. The third-order valence-corrected chi connectivity index (χ3v) is 2.44. The maximum Gasteiger partial charge on any atom is 0.222 e. The zero-order chi connectivity index (χ0) is 10.4. The molecule has 0 bridgehead atoms. The van der Waals surface area contributed by atoms with Gasteiger partial charge < -0.3 is 15.8 Å². The van der Waals surface area contributed by atoms with E-state index in [-0.39, 0.29) is 18.1 Å². The predicted octanol–water partition coefficient (Wildman–Crippen LogP) is 0.409. The molecule has 0 aliphatic carbocycles. The molecule has 1 saturated heterocycles. The highest BCUT2D eigenvalue weighted by Crippen LogP contribution is 2.14. The van der Waals surface area contributed by atoms with Crippen LogP contribution < -0.4 is 11.1 Å². The average Bonchev–Trinajstić information content (AvgIpc) is 2.56. The summed E-state index contributed by atoms with van der Waals surface area (Å²) in [5, 5.41) is 2.91. The summed E-state index contributed by atoms with van der Waals surface area (Å²) in [5.74, 6) is 0.0813. The summed E-state index contributed by atoms with van der Waals surface area (Å²) in [6, 6.07) is 0.175. The van der Waals surface area contributed by atoms with E-state index >= 15 is 0 Å². The van der Waals surface area contributed by atoms with Crippen molar-refractivity contribution in [1.29, 1.82) is 0 Å². The van der Waals surface area contributed by atoms with Crippen molar-refractivity contribution in [1.82, 2.24) is 5.32 Å². The smallest absolute Gasteiger partial charge is 0.222 e. The molecule has 14 heavy (non-hydrogen) atoms. The highest BCUT2D eigenvalue weighted by Gasteiger charge is 2.19. The third-order valence-electron chi connectivity index (χ3n) is 2.44. The van der Waals surface area contributed by atoms with Crippen LogP contribution in [0.15, 0.2) is 0 Å². The number of carbonyl (C=O) groups is 1. The molecule has 2 unspecified atom stereocenters. The van der Waals surface area contributed by atoms with Gasteiger partial charge in [-0.15, -0.1) is 0 Å². The summed E-state index contributed by atoms with van der Waals surface area (Å²) in [4.78, 5) is 11.5. The first kappa shape index (κ1) is 11.5. The minimum atomic E-state index is 0.0813. The van der Waals surface area contributed by atoms with Gasteiger partial charge in [0.05, 0.1) is 12.5 Å². The second-order valence-electron chi connectivity index (χ2n) is 3.89. The summed E-state index contributed by atoms with van der Waals surface area (Å²) >= 11 is 0. The van der Waals surface area contributed by atoms with Crippen molar-refractivity contribution < 1.29 is 9.53 Å². The van der Waals surface area contributed by atoms with Crippen LogP contribution in [0.5, 0.6) is 0 Å². The molecule has 0 aromatic carbocycles. The van der Waals surface area contributed by atoms with E-state index in [4.69, 9.17) is 10.5 Å². The zero-order valence-electron chi connectivity index (χ0n) is 8.79. The number of nitrogens with one attached hydrogen (secondary N) is 1. The summed E-state index contributed by atoms with van der Waals surface area (Å²) < 4.78 is 5.38. The fraction of sp³-hybridized carbons (Fsp3) is 0.900. The molecule has 1 rings (SSSR count). The van der Waals surface area contributed by atoms with E-state index in [1.165, 1.54) is 0 Å². The van der Waals surface area contributed by atoms with Gasteiger partial charge in [0.25, 0.3) is 0 Å². The fourth-order valence-electron chi connectivity index (χ4n) is 1.67. The quantitative estimate of drug-likeness (QED) is 0.675. The minimum Gasteiger partial charge on any atom is -0.378 e. The van der Waals surface area contributed by atoms with Crippen LogP contribution in [0.1, 0.15) is 32.6 Å². The molecule has 1 amide bonds. The van der Waals surface area contributed by atoms with Gasteiger partial charge in [0.15, 0.2) is 0 Å². The van der Waals surface area contributed by atoms with Crippen molar-refractivity contribution in [2.24, 2.45) is 5.73 Å². The zero-order valence-corrected chi connectivity index (χ0v) is 8.79. The Kier molecular flexibility index (Phi) is 4.90. The maximum absolute atomic E-state index is 11.5. The molecule has 4 nitrogen and oxygen atoms in total. The third kappa shape index (κ3) is 4.07. The maximum atomic E-state index is 11.5. The summed E-state index contributed by atoms with van der Waals surface area (Å²) in [5.41, 5.74) is 5.39. The van der Waals surface area contributed by atoms with Crippen LogP contribution >= 0.6 is 0 Å². The Morgan fingerprint density at radius 3 is 3.07 bits per heavy atom. The van der Waals surface area contributed by atoms with Crippen molar-refractivity contribution in [3.63, 3.8) is 0 Å². The highest BCUT2D eigenvalue weighted by molar-refractivity contribution is 5.76. The number of hydrogen-bond donors (Lipinski definition) is 2. The van der Waals surface area contributed by atoms with Crippen LogP contribution in [-0.4, -0.2) is 31.2 Å². The Bertz CT molecular complexity index is 179. The van der Waals surface area contributed by atoms with Gasteiger partial charge in [-0.3, -0.25) is 4.79 Å². The van der Waals surface area contributed by atoms with Gasteiger partial charge in [-0.05, 0) is 32.7 Å². The topological polar surface area (TPSA) is 64.3 Å². The van der Waals surface area contributed by atoms with Crippen molar-refractivity contribution >= 4 is 5.91 Å². The number of carbonyl (C=O) groups excluding carboxylic acids is 1. The Labute approximate surface area is 85.2 Å². The van der Waals surface area contributed by atoms with E-state index in [9.17, 15) is 4.79 Å². The molecule has 3 N–H and O–H groups in total. The van der Waals surface area contributed by atoms with E-state index in [0.717, 1.165) is 25.9 Å². The molecule has 2 atom stereocenters. The normalized spacial score (nSPS) is 23.4. The van der Waals surface area contributed by atoms with Crippen molar-refractivity contribution in [3.05, 3.63) is 0 Å². The average molecular weight is 200 g/mol. The largest absolute Gasteiger partial charge is 0.378 e. The van der Waals surface area contributed by atoms with Gasteiger partial charge in [0.1, 0.15) is 0 Å². The highest BCUT2D eigenvalue weighted by atomic mass is 16.5. The first-order valence-corrected chi connectivity index (χ1v) is 5.33. The molecule has 0 aromatic rings. The van der Waals surface area contributed by atoms with E-state index in [1.807, 2.05) is 6.92 Å². The molecule has 0 spiro atoms.